The fourth-order valence-corrected chi connectivity index (χ4v) is 4.63. The average molecular weight is 443 g/mol. The number of amides is 1. The number of rotatable bonds is 6. The number of thioether (sulfide) groups is 1. The zero-order valence-corrected chi connectivity index (χ0v) is 17.6. The second-order valence-electron chi connectivity index (χ2n) is 6.20. The lowest BCUT2D eigenvalue weighted by molar-refractivity contribution is -0.114. The van der Waals surface area contributed by atoms with Crippen molar-refractivity contribution in [1.29, 1.82) is 0 Å². The zero-order chi connectivity index (χ0) is 20.4. The van der Waals surface area contributed by atoms with Gasteiger partial charge in [0, 0.05) is 28.6 Å². The van der Waals surface area contributed by atoms with E-state index in [1.807, 2.05) is 34.0 Å². The second kappa shape index (κ2) is 8.36. The normalized spacial score (nSPS) is 11.0. The van der Waals surface area contributed by atoms with Crippen LogP contribution in [0, 0.1) is 0 Å². The highest BCUT2D eigenvalue weighted by molar-refractivity contribution is 7.99. The van der Waals surface area contributed by atoms with Crippen LogP contribution < -0.4 is 5.32 Å². The van der Waals surface area contributed by atoms with Gasteiger partial charge >= 0.3 is 0 Å². The molecule has 0 spiro atoms. The van der Waals surface area contributed by atoms with Crippen molar-refractivity contribution in [3.8, 4) is 11.3 Å². The molecule has 0 atom stereocenters. The van der Waals surface area contributed by atoms with Crippen LogP contribution in [-0.4, -0.2) is 32.0 Å². The van der Waals surface area contributed by atoms with E-state index < -0.39 is 0 Å². The lowest BCUT2D eigenvalue weighted by Gasteiger charge is -2.05. The molecule has 4 rings (SSSR count). The van der Waals surface area contributed by atoms with Crippen LogP contribution in [-0.2, 0) is 4.79 Å². The average Bonchev–Trinajstić information content (AvgIpc) is 3.29. The Labute approximate surface area is 179 Å². The number of halogens is 1. The van der Waals surface area contributed by atoms with Crippen LogP contribution in [0.4, 0.5) is 5.69 Å². The summed E-state index contributed by atoms with van der Waals surface area (Å²) in [5.74, 6) is 0.0583. The Bertz CT molecular complexity index is 1180. The predicted molar refractivity (Wildman–Crippen MR) is 117 cm³/mol. The maximum atomic E-state index is 12.6. The van der Waals surface area contributed by atoms with Crippen molar-refractivity contribution < 1.29 is 9.59 Å². The van der Waals surface area contributed by atoms with Gasteiger partial charge in [-0.2, -0.15) is 0 Å². The van der Waals surface area contributed by atoms with E-state index in [1.165, 1.54) is 30.0 Å². The Morgan fingerprint density at radius 3 is 2.52 bits per heavy atom. The molecule has 0 saturated heterocycles. The number of nitrogens with one attached hydrogen (secondary N) is 1. The van der Waals surface area contributed by atoms with Crippen molar-refractivity contribution in [2.24, 2.45) is 0 Å². The SMILES string of the molecule is CC(=O)Nc1ccc(C(=O)CSc2nnc3scc(-c4ccc(Cl)cc4)n23)cc1. The lowest BCUT2D eigenvalue weighted by atomic mass is 10.1. The lowest BCUT2D eigenvalue weighted by Crippen LogP contribution is -2.07. The van der Waals surface area contributed by atoms with E-state index in [4.69, 9.17) is 11.6 Å². The Kier molecular flexibility index (Phi) is 5.66. The monoisotopic (exact) mass is 442 g/mol. The number of Topliss-reactive ketones (excluding diaryl/α,β-unsaturated/α-hetero) is 1. The van der Waals surface area contributed by atoms with Crippen LogP contribution in [0.5, 0.6) is 0 Å². The summed E-state index contributed by atoms with van der Waals surface area (Å²) in [6.07, 6.45) is 0. The van der Waals surface area contributed by atoms with E-state index in [9.17, 15) is 9.59 Å². The molecule has 0 aliphatic heterocycles. The van der Waals surface area contributed by atoms with Crippen LogP contribution in [0.15, 0.2) is 59.1 Å². The summed E-state index contributed by atoms with van der Waals surface area (Å²) in [6.45, 7) is 1.44. The quantitative estimate of drug-likeness (QED) is 0.334. The molecular weight excluding hydrogens is 428 g/mol. The van der Waals surface area contributed by atoms with Crippen molar-refractivity contribution in [3.63, 3.8) is 0 Å². The van der Waals surface area contributed by atoms with Crippen LogP contribution in [0.2, 0.25) is 5.02 Å². The van der Waals surface area contributed by atoms with Gasteiger partial charge in [0.25, 0.3) is 0 Å². The first-order valence-corrected chi connectivity index (χ1v) is 10.9. The van der Waals surface area contributed by atoms with E-state index in [0.29, 0.717) is 21.4 Å². The maximum Gasteiger partial charge on any atom is 0.221 e. The molecule has 1 N–H and O–H groups in total. The number of benzene rings is 2. The van der Waals surface area contributed by atoms with E-state index >= 15 is 0 Å². The van der Waals surface area contributed by atoms with Gasteiger partial charge in [-0.1, -0.05) is 35.5 Å². The molecule has 29 heavy (non-hydrogen) atoms. The smallest absolute Gasteiger partial charge is 0.221 e. The number of carbonyl (C=O) groups is 2. The zero-order valence-electron chi connectivity index (χ0n) is 15.3. The third-order valence-electron chi connectivity index (χ3n) is 4.12. The predicted octanol–water partition coefficient (Wildman–Crippen LogP) is 5.04. The number of ketones is 1. The van der Waals surface area contributed by atoms with Gasteiger partial charge in [0.2, 0.25) is 10.9 Å². The summed E-state index contributed by atoms with van der Waals surface area (Å²) < 4.78 is 1.95. The van der Waals surface area contributed by atoms with Gasteiger partial charge in [0.05, 0.1) is 11.4 Å². The molecule has 1 amide bonds. The summed E-state index contributed by atoms with van der Waals surface area (Å²) in [5.41, 5.74) is 3.20. The molecule has 0 aliphatic rings. The molecule has 2 heterocycles. The van der Waals surface area contributed by atoms with Gasteiger partial charge in [-0.15, -0.1) is 21.5 Å². The fraction of sp³-hybridized carbons (Fsp3) is 0.100. The van der Waals surface area contributed by atoms with Crippen molar-refractivity contribution in [2.75, 3.05) is 11.1 Å². The summed E-state index contributed by atoms with van der Waals surface area (Å²) in [4.78, 5) is 24.4. The highest BCUT2D eigenvalue weighted by atomic mass is 35.5. The topological polar surface area (TPSA) is 76.4 Å². The van der Waals surface area contributed by atoms with Crippen LogP contribution in [0.25, 0.3) is 16.2 Å². The van der Waals surface area contributed by atoms with Crippen molar-refractivity contribution in [1.82, 2.24) is 14.6 Å². The Morgan fingerprint density at radius 2 is 1.83 bits per heavy atom. The molecule has 0 radical (unpaired) electrons. The van der Waals surface area contributed by atoms with E-state index in [2.05, 4.69) is 15.5 Å². The maximum absolute atomic E-state index is 12.6. The first-order chi connectivity index (χ1) is 14.0. The van der Waals surface area contributed by atoms with Crippen molar-refractivity contribution in [3.05, 3.63) is 64.5 Å². The first-order valence-electron chi connectivity index (χ1n) is 8.63. The van der Waals surface area contributed by atoms with Crippen molar-refractivity contribution >= 4 is 57.0 Å². The fourth-order valence-electron chi connectivity index (χ4n) is 2.77. The molecule has 6 nitrogen and oxygen atoms in total. The molecule has 146 valence electrons. The van der Waals surface area contributed by atoms with E-state index in [0.717, 1.165) is 16.2 Å². The summed E-state index contributed by atoms with van der Waals surface area (Å²) in [5, 5.41) is 14.5. The van der Waals surface area contributed by atoms with E-state index in [1.54, 1.807) is 24.3 Å². The molecule has 9 heteroatoms. The largest absolute Gasteiger partial charge is 0.326 e. The number of nitrogens with zero attached hydrogens (tertiary/aromatic N) is 3. The number of aromatic nitrogens is 3. The third kappa shape index (κ3) is 4.34. The third-order valence-corrected chi connectivity index (χ3v) is 6.12. The number of thiazole rings is 1. The minimum atomic E-state index is -0.150. The minimum Gasteiger partial charge on any atom is -0.326 e. The van der Waals surface area contributed by atoms with Gasteiger partial charge in [-0.05, 0) is 42.0 Å². The molecule has 0 unspecified atom stereocenters. The summed E-state index contributed by atoms with van der Waals surface area (Å²) in [6, 6.07) is 14.4. The molecule has 2 aromatic carbocycles. The van der Waals surface area contributed by atoms with Gasteiger partial charge in [0.1, 0.15) is 0 Å². The standard InChI is InChI=1S/C20H15ClN4O2S2/c1-12(26)22-16-8-4-14(5-9-16)18(27)11-29-20-24-23-19-25(20)17(10-28-19)13-2-6-15(21)7-3-13/h2-10H,11H2,1H3,(H,22,26). The Morgan fingerprint density at radius 1 is 1.10 bits per heavy atom. The molecule has 0 bridgehead atoms. The minimum absolute atomic E-state index is 0.0237. The first kappa shape index (κ1) is 19.6. The van der Waals surface area contributed by atoms with Crippen LogP contribution in [0.1, 0.15) is 17.3 Å². The molecule has 0 saturated carbocycles. The number of hydrogen-bond acceptors (Lipinski definition) is 6. The molecule has 0 fully saturated rings. The van der Waals surface area contributed by atoms with E-state index in [-0.39, 0.29) is 17.4 Å². The number of fused-ring (bicyclic) bond motifs is 1. The van der Waals surface area contributed by atoms with Gasteiger partial charge in [0.15, 0.2) is 10.9 Å². The number of hydrogen-bond donors (Lipinski definition) is 1. The number of anilines is 1. The highest BCUT2D eigenvalue weighted by Crippen LogP contribution is 2.30. The molecular formula is C20H15ClN4O2S2. The second-order valence-corrected chi connectivity index (χ2v) is 8.41. The number of carbonyl (C=O) groups excluding carboxylic acids is 2. The molecule has 4 aromatic rings. The van der Waals surface area contributed by atoms with Gasteiger partial charge < -0.3 is 5.32 Å². The summed E-state index contributed by atoms with van der Waals surface area (Å²) >= 11 is 8.82. The highest BCUT2D eigenvalue weighted by Gasteiger charge is 2.16. The van der Waals surface area contributed by atoms with Gasteiger partial charge in [-0.25, -0.2) is 0 Å². The van der Waals surface area contributed by atoms with Crippen LogP contribution >= 0.6 is 34.7 Å². The van der Waals surface area contributed by atoms with Crippen molar-refractivity contribution in [2.45, 2.75) is 12.1 Å². The Hall–Kier alpha value is -2.68. The Balaban J connectivity index is 1.51. The summed E-state index contributed by atoms with van der Waals surface area (Å²) in [7, 11) is 0. The molecule has 0 aliphatic carbocycles. The molecule has 2 aromatic heterocycles. The van der Waals surface area contributed by atoms with Gasteiger partial charge in [-0.3, -0.25) is 14.0 Å². The van der Waals surface area contributed by atoms with Crippen LogP contribution in [0.3, 0.4) is 0 Å².